The van der Waals surface area contributed by atoms with Gasteiger partial charge in [0.05, 0.1) is 17.4 Å². The lowest BCUT2D eigenvalue weighted by Gasteiger charge is -2.21. The van der Waals surface area contributed by atoms with Crippen LogP contribution in [0.1, 0.15) is 12.5 Å². The smallest absolute Gasteiger partial charge is 0.275 e. The third-order valence-corrected chi connectivity index (χ3v) is 6.14. The first-order valence-electron chi connectivity index (χ1n) is 8.93. The fourth-order valence-electron chi connectivity index (χ4n) is 2.98. The Morgan fingerprint density at radius 1 is 1.29 bits per heavy atom. The highest BCUT2D eigenvalue weighted by Gasteiger charge is 2.28. The van der Waals surface area contributed by atoms with Crippen LogP contribution in [0.15, 0.2) is 46.2 Å². The highest BCUT2D eigenvalue weighted by atomic mass is 32.2. The van der Waals surface area contributed by atoms with Gasteiger partial charge in [0.25, 0.3) is 5.91 Å². The molecule has 148 valence electrons. The summed E-state index contributed by atoms with van der Waals surface area (Å²) in [4.78, 5) is 14.3. The van der Waals surface area contributed by atoms with Crippen molar-refractivity contribution in [1.29, 1.82) is 0 Å². The molecular weight excluding hydrogens is 392 g/mol. The molecule has 0 atom stereocenters. The molecule has 1 saturated heterocycles. The second-order valence-corrected chi connectivity index (χ2v) is 8.22. The third kappa shape index (κ3) is 4.16. The van der Waals surface area contributed by atoms with Crippen LogP contribution in [0.25, 0.3) is 17.2 Å². The van der Waals surface area contributed by atoms with Gasteiger partial charge in [0.15, 0.2) is 11.5 Å². The minimum absolute atomic E-state index is 0.0212. The number of aromatic hydroxyl groups is 1. The molecule has 2 aromatic rings. The van der Waals surface area contributed by atoms with Crippen LogP contribution in [-0.4, -0.2) is 53.9 Å². The van der Waals surface area contributed by atoms with E-state index in [-0.39, 0.29) is 11.7 Å². The normalized spacial score (nSPS) is 15.7. The summed E-state index contributed by atoms with van der Waals surface area (Å²) in [5.41, 5.74) is 2.46. The van der Waals surface area contributed by atoms with E-state index in [0.29, 0.717) is 28.7 Å². The molecule has 1 aliphatic rings. The minimum atomic E-state index is -0.0212. The molecule has 0 saturated carbocycles. The van der Waals surface area contributed by atoms with Gasteiger partial charge in [-0.25, -0.2) is 5.01 Å². The van der Waals surface area contributed by atoms with Crippen LogP contribution in [0.2, 0.25) is 0 Å². The van der Waals surface area contributed by atoms with Gasteiger partial charge in [0.2, 0.25) is 0 Å². The van der Waals surface area contributed by atoms with Gasteiger partial charge in [-0.05, 0) is 48.6 Å². The topological polar surface area (TPSA) is 53.0 Å². The quantitative estimate of drug-likeness (QED) is 0.552. The molecular formula is C21H24N2O3S2. The van der Waals surface area contributed by atoms with Crippen molar-refractivity contribution in [3.63, 3.8) is 0 Å². The van der Waals surface area contributed by atoms with E-state index in [1.807, 2.05) is 63.7 Å². The fraction of sp³-hybridized carbons (Fsp3) is 0.286. The maximum Gasteiger partial charge on any atom is 0.275 e. The molecule has 5 nitrogen and oxygen atoms in total. The van der Waals surface area contributed by atoms with Crippen molar-refractivity contribution < 1.29 is 14.6 Å². The highest BCUT2D eigenvalue weighted by Crippen LogP contribution is 2.42. The van der Waals surface area contributed by atoms with Gasteiger partial charge in [-0.3, -0.25) is 9.80 Å². The zero-order valence-electron chi connectivity index (χ0n) is 16.4. The number of ether oxygens (including phenoxy) is 1. The molecule has 0 bridgehead atoms. The number of hydrogen-bond acceptors (Lipinski definition) is 6. The van der Waals surface area contributed by atoms with E-state index in [1.54, 1.807) is 27.8 Å². The highest BCUT2D eigenvalue weighted by molar-refractivity contribution is 8.04. The van der Waals surface area contributed by atoms with Crippen LogP contribution in [0.3, 0.4) is 0 Å². The molecule has 0 spiro atoms. The zero-order chi connectivity index (χ0) is 20.3. The molecule has 0 unspecified atom stereocenters. The lowest BCUT2D eigenvalue weighted by atomic mass is 10.0. The number of rotatable bonds is 6. The first kappa shape index (κ1) is 20.6. The number of nitrogens with zero attached hydrogens (tertiary/aromatic N) is 2. The lowest BCUT2D eigenvalue weighted by molar-refractivity contribution is -0.136. The Morgan fingerprint density at radius 3 is 2.68 bits per heavy atom. The van der Waals surface area contributed by atoms with Crippen LogP contribution in [0.4, 0.5) is 0 Å². The van der Waals surface area contributed by atoms with Crippen molar-refractivity contribution in [3.8, 4) is 22.6 Å². The number of phenols is 1. The summed E-state index contributed by atoms with van der Waals surface area (Å²) in [5, 5.41) is 14.3. The Labute approximate surface area is 174 Å². The monoisotopic (exact) mass is 416 g/mol. The first-order valence-corrected chi connectivity index (χ1v) is 11.1. The Morgan fingerprint density at radius 2 is 2.04 bits per heavy atom. The number of hydrogen-bond donors (Lipinski definition) is 1. The summed E-state index contributed by atoms with van der Waals surface area (Å²) in [6.45, 7) is 2.32. The van der Waals surface area contributed by atoms with E-state index >= 15 is 0 Å². The summed E-state index contributed by atoms with van der Waals surface area (Å²) >= 11 is 3.13. The molecule has 7 heteroatoms. The van der Waals surface area contributed by atoms with E-state index < -0.39 is 0 Å². The molecule has 28 heavy (non-hydrogen) atoms. The van der Waals surface area contributed by atoms with Gasteiger partial charge in [-0.1, -0.05) is 30.0 Å². The van der Waals surface area contributed by atoms with Gasteiger partial charge in [-0.15, -0.1) is 11.8 Å². The summed E-state index contributed by atoms with van der Waals surface area (Å²) in [6, 6.07) is 11.6. The number of amides is 1. The average molecular weight is 417 g/mol. The zero-order valence-corrected chi connectivity index (χ0v) is 18.1. The van der Waals surface area contributed by atoms with E-state index in [2.05, 4.69) is 0 Å². The number of carbonyl (C=O) groups excluding carboxylic acids is 1. The summed E-state index contributed by atoms with van der Waals surface area (Å²) in [6.07, 6.45) is 3.87. The molecule has 0 aliphatic carbocycles. The summed E-state index contributed by atoms with van der Waals surface area (Å²) in [7, 11) is 3.71. The minimum Gasteiger partial charge on any atom is -0.504 e. The van der Waals surface area contributed by atoms with Crippen molar-refractivity contribution in [2.24, 2.45) is 0 Å². The van der Waals surface area contributed by atoms with Gasteiger partial charge >= 0.3 is 0 Å². The van der Waals surface area contributed by atoms with Crippen molar-refractivity contribution in [2.45, 2.75) is 11.8 Å². The number of hydrazine groups is 1. The van der Waals surface area contributed by atoms with E-state index in [4.69, 9.17) is 4.74 Å². The largest absolute Gasteiger partial charge is 0.504 e. The Hall–Kier alpha value is -2.09. The Bertz CT molecular complexity index is 913. The van der Waals surface area contributed by atoms with Crippen molar-refractivity contribution in [2.75, 3.05) is 32.8 Å². The van der Waals surface area contributed by atoms with Crippen LogP contribution < -0.4 is 4.74 Å². The summed E-state index contributed by atoms with van der Waals surface area (Å²) < 4.78 is 5.67. The number of phenolic OH excluding ortho intramolecular Hbond substituents is 1. The van der Waals surface area contributed by atoms with Gasteiger partial charge in [-0.2, -0.15) is 0 Å². The molecule has 1 aliphatic heterocycles. The molecule has 1 heterocycles. The number of carbonyl (C=O) groups is 1. The van der Waals surface area contributed by atoms with Crippen molar-refractivity contribution in [3.05, 3.63) is 46.9 Å². The molecule has 0 aromatic heterocycles. The van der Waals surface area contributed by atoms with E-state index in [1.165, 1.54) is 11.8 Å². The Balaban J connectivity index is 2.09. The SMILES string of the molecule is CCOc1cc(C=C2SCN(N(C)C)C2=O)cc(-c2ccccc2SC)c1O. The molecule has 0 radical (unpaired) electrons. The van der Waals surface area contributed by atoms with Crippen LogP contribution in [0.5, 0.6) is 11.5 Å². The van der Waals surface area contributed by atoms with Crippen molar-refractivity contribution in [1.82, 2.24) is 10.0 Å². The number of thioether (sulfide) groups is 2. The molecule has 2 aromatic carbocycles. The summed E-state index contributed by atoms with van der Waals surface area (Å²) in [5.74, 6) is 1.11. The second kappa shape index (κ2) is 8.94. The van der Waals surface area contributed by atoms with Crippen LogP contribution >= 0.6 is 23.5 Å². The third-order valence-electron chi connectivity index (χ3n) is 4.36. The predicted octanol–water partition coefficient (Wildman–Crippen LogP) is 4.53. The van der Waals surface area contributed by atoms with Crippen LogP contribution in [-0.2, 0) is 4.79 Å². The van der Waals surface area contributed by atoms with E-state index in [0.717, 1.165) is 16.0 Å². The molecule has 1 amide bonds. The van der Waals surface area contributed by atoms with Crippen molar-refractivity contribution >= 4 is 35.5 Å². The fourth-order valence-corrected chi connectivity index (χ4v) is 4.65. The predicted molar refractivity (Wildman–Crippen MR) is 117 cm³/mol. The van der Waals surface area contributed by atoms with Gasteiger partial charge in [0, 0.05) is 24.6 Å². The molecule has 1 N–H and O–H groups in total. The molecule has 1 fully saturated rings. The first-order chi connectivity index (χ1) is 13.5. The van der Waals surface area contributed by atoms with Gasteiger partial charge in [0.1, 0.15) is 0 Å². The standard InChI is InChI=1S/C21H24N2O3S2/c1-5-26-17-11-14(12-19-21(25)23(13-28-19)22(2)3)10-16(20(17)24)15-8-6-7-9-18(15)27-4/h6-12,24H,5,13H2,1-4H3. The van der Waals surface area contributed by atoms with Crippen LogP contribution in [0, 0.1) is 0 Å². The number of benzene rings is 2. The maximum atomic E-state index is 12.6. The Kier molecular flexibility index (Phi) is 6.59. The van der Waals surface area contributed by atoms with Gasteiger partial charge < -0.3 is 9.84 Å². The maximum absolute atomic E-state index is 12.6. The lowest BCUT2D eigenvalue weighted by Crippen LogP contribution is -2.37. The van der Waals surface area contributed by atoms with E-state index in [9.17, 15) is 9.90 Å². The second-order valence-electron chi connectivity index (χ2n) is 6.38. The average Bonchev–Trinajstić information content (AvgIpc) is 3.05. The molecule has 3 rings (SSSR count).